The van der Waals surface area contributed by atoms with Crippen molar-refractivity contribution in [3.05, 3.63) is 29.8 Å². The molecule has 1 saturated carbocycles. The molecule has 0 spiro atoms. The van der Waals surface area contributed by atoms with Gasteiger partial charge in [0.2, 0.25) is 10.0 Å². The van der Waals surface area contributed by atoms with Gasteiger partial charge < -0.3 is 5.32 Å². The molecule has 0 aromatic heterocycles. The van der Waals surface area contributed by atoms with E-state index >= 15 is 0 Å². The molecule has 96 valence electrons. The molecule has 5 heteroatoms. The van der Waals surface area contributed by atoms with Crippen LogP contribution in [-0.4, -0.2) is 21.0 Å². The van der Waals surface area contributed by atoms with Gasteiger partial charge in [-0.3, -0.25) is 0 Å². The number of rotatable bonds is 6. The summed E-state index contributed by atoms with van der Waals surface area (Å²) in [5.74, 6) is 2.24. The van der Waals surface area contributed by atoms with E-state index in [0.717, 1.165) is 12.1 Å². The number of hydrogen-bond acceptors (Lipinski definition) is 3. The molecule has 2 rings (SSSR count). The Balaban J connectivity index is 1.99. The van der Waals surface area contributed by atoms with Crippen LogP contribution in [0.15, 0.2) is 29.2 Å². The molecule has 1 aliphatic carbocycles. The molecule has 0 radical (unpaired) electrons. The Morgan fingerprint density at radius 2 is 1.94 bits per heavy atom. The summed E-state index contributed by atoms with van der Waals surface area (Å²) in [6, 6.07) is 7.48. The van der Waals surface area contributed by atoms with Crippen molar-refractivity contribution in [2.75, 3.05) is 6.54 Å². The molecule has 1 fully saturated rings. The summed E-state index contributed by atoms with van der Waals surface area (Å²) in [7, 11) is -3.47. The van der Waals surface area contributed by atoms with E-state index in [0.29, 0.717) is 6.04 Å². The van der Waals surface area contributed by atoms with Gasteiger partial charge in [0.15, 0.2) is 0 Å². The first-order valence-electron chi connectivity index (χ1n) is 5.87. The summed E-state index contributed by atoms with van der Waals surface area (Å²) in [4.78, 5) is 0.243. The fourth-order valence-electron chi connectivity index (χ4n) is 1.56. The summed E-state index contributed by atoms with van der Waals surface area (Å²) < 4.78 is 25.8. The van der Waals surface area contributed by atoms with E-state index in [-0.39, 0.29) is 11.4 Å². The molecular weight excluding hydrogens is 248 g/mol. The SMILES string of the molecule is C#CCNS(=O)(=O)c1ccc(CNC2CC2)cc1. The molecule has 0 bridgehead atoms. The highest BCUT2D eigenvalue weighted by Gasteiger charge is 2.20. The third-order valence-electron chi connectivity index (χ3n) is 2.77. The van der Waals surface area contributed by atoms with Gasteiger partial charge in [-0.1, -0.05) is 18.1 Å². The fourth-order valence-corrected chi connectivity index (χ4v) is 2.49. The van der Waals surface area contributed by atoms with Gasteiger partial charge in [0.05, 0.1) is 11.4 Å². The second kappa shape index (κ2) is 5.53. The first-order chi connectivity index (χ1) is 8.62. The maximum absolute atomic E-state index is 11.8. The van der Waals surface area contributed by atoms with Crippen molar-refractivity contribution in [1.29, 1.82) is 0 Å². The van der Waals surface area contributed by atoms with Crippen LogP contribution in [0.4, 0.5) is 0 Å². The van der Waals surface area contributed by atoms with E-state index in [2.05, 4.69) is 16.0 Å². The zero-order valence-corrected chi connectivity index (χ0v) is 10.8. The average Bonchev–Trinajstić information content (AvgIpc) is 3.18. The minimum absolute atomic E-state index is 0.00726. The molecule has 0 saturated heterocycles. The molecule has 0 unspecified atom stereocenters. The molecule has 0 atom stereocenters. The molecule has 18 heavy (non-hydrogen) atoms. The van der Waals surface area contributed by atoms with Crippen molar-refractivity contribution in [3.8, 4) is 12.3 Å². The van der Waals surface area contributed by atoms with Crippen molar-refractivity contribution in [3.63, 3.8) is 0 Å². The Kier molecular flexibility index (Phi) is 4.02. The summed E-state index contributed by atoms with van der Waals surface area (Å²) in [5.41, 5.74) is 1.08. The van der Waals surface area contributed by atoms with Crippen LogP contribution in [0.25, 0.3) is 0 Å². The lowest BCUT2D eigenvalue weighted by atomic mass is 10.2. The predicted octanol–water partition coefficient (Wildman–Crippen LogP) is 0.850. The molecule has 1 aliphatic rings. The van der Waals surface area contributed by atoms with Crippen molar-refractivity contribution in [2.45, 2.75) is 30.3 Å². The summed E-state index contributed by atoms with van der Waals surface area (Å²) in [6.07, 6.45) is 7.50. The number of hydrogen-bond donors (Lipinski definition) is 2. The van der Waals surface area contributed by atoms with Crippen LogP contribution >= 0.6 is 0 Å². The Labute approximate surface area is 108 Å². The van der Waals surface area contributed by atoms with Gasteiger partial charge >= 0.3 is 0 Å². The van der Waals surface area contributed by atoms with Crippen LogP contribution in [0.3, 0.4) is 0 Å². The van der Waals surface area contributed by atoms with Crippen molar-refractivity contribution in [2.24, 2.45) is 0 Å². The lowest BCUT2D eigenvalue weighted by molar-refractivity contribution is 0.586. The largest absolute Gasteiger partial charge is 0.310 e. The summed E-state index contributed by atoms with van der Waals surface area (Å²) >= 11 is 0. The van der Waals surface area contributed by atoms with Gasteiger partial charge in [0, 0.05) is 12.6 Å². The zero-order valence-electron chi connectivity index (χ0n) is 10.0. The highest BCUT2D eigenvalue weighted by atomic mass is 32.2. The lowest BCUT2D eigenvalue weighted by Gasteiger charge is -2.06. The van der Waals surface area contributed by atoms with Crippen LogP contribution in [0.5, 0.6) is 0 Å². The van der Waals surface area contributed by atoms with Crippen molar-refractivity contribution < 1.29 is 8.42 Å². The van der Waals surface area contributed by atoms with E-state index in [1.807, 2.05) is 12.1 Å². The second-order valence-electron chi connectivity index (χ2n) is 4.33. The van der Waals surface area contributed by atoms with Gasteiger partial charge in [0.25, 0.3) is 0 Å². The molecule has 1 aromatic carbocycles. The van der Waals surface area contributed by atoms with E-state index in [1.54, 1.807) is 12.1 Å². The van der Waals surface area contributed by atoms with E-state index in [4.69, 9.17) is 6.42 Å². The number of sulfonamides is 1. The normalized spacial score (nSPS) is 15.3. The average molecular weight is 264 g/mol. The van der Waals surface area contributed by atoms with Gasteiger partial charge in [-0.25, -0.2) is 8.42 Å². The Morgan fingerprint density at radius 1 is 1.28 bits per heavy atom. The topological polar surface area (TPSA) is 58.2 Å². The summed E-state index contributed by atoms with van der Waals surface area (Å²) in [5, 5.41) is 3.37. The molecule has 4 nitrogen and oxygen atoms in total. The molecule has 0 amide bonds. The maximum Gasteiger partial charge on any atom is 0.241 e. The number of terminal acetylenes is 1. The van der Waals surface area contributed by atoms with Crippen LogP contribution in [0.1, 0.15) is 18.4 Å². The van der Waals surface area contributed by atoms with Crippen LogP contribution in [0, 0.1) is 12.3 Å². The number of benzene rings is 1. The number of nitrogens with one attached hydrogen (secondary N) is 2. The third-order valence-corrected chi connectivity index (χ3v) is 4.19. The fraction of sp³-hybridized carbons (Fsp3) is 0.385. The van der Waals surface area contributed by atoms with E-state index in [1.165, 1.54) is 12.8 Å². The van der Waals surface area contributed by atoms with E-state index < -0.39 is 10.0 Å². The Hall–Kier alpha value is -1.35. The van der Waals surface area contributed by atoms with Crippen LogP contribution in [-0.2, 0) is 16.6 Å². The Morgan fingerprint density at radius 3 is 2.50 bits per heavy atom. The first-order valence-corrected chi connectivity index (χ1v) is 7.35. The smallest absolute Gasteiger partial charge is 0.241 e. The van der Waals surface area contributed by atoms with Crippen molar-refractivity contribution in [1.82, 2.24) is 10.0 Å². The van der Waals surface area contributed by atoms with Crippen LogP contribution < -0.4 is 10.0 Å². The maximum atomic E-state index is 11.8. The molecule has 1 aromatic rings. The van der Waals surface area contributed by atoms with Gasteiger partial charge in [-0.2, -0.15) is 4.72 Å². The highest BCUT2D eigenvalue weighted by molar-refractivity contribution is 7.89. The van der Waals surface area contributed by atoms with Gasteiger partial charge in [-0.15, -0.1) is 6.42 Å². The van der Waals surface area contributed by atoms with E-state index in [9.17, 15) is 8.42 Å². The van der Waals surface area contributed by atoms with Gasteiger partial charge in [0.1, 0.15) is 0 Å². The highest BCUT2D eigenvalue weighted by Crippen LogP contribution is 2.19. The molecule has 2 N–H and O–H groups in total. The standard InChI is InChI=1S/C13H16N2O2S/c1-2-9-15-18(16,17)13-7-3-11(4-8-13)10-14-12-5-6-12/h1,3-4,7-8,12,14-15H,5-6,9-10H2. The van der Waals surface area contributed by atoms with Crippen molar-refractivity contribution >= 4 is 10.0 Å². The molecule has 0 heterocycles. The van der Waals surface area contributed by atoms with Gasteiger partial charge in [-0.05, 0) is 30.5 Å². The third kappa shape index (κ3) is 3.57. The second-order valence-corrected chi connectivity index (χ2v) is 6.09. The Bertz CT molecular complexity index is 539. The first kappa shape index (κ1) is 13.1. The quantitative estimate of drug-likeness (QED) is 0.749. The minimum atomic E-state index is -3.47. The monoisotopic (exact) mass is 264 g/mol. The minimum Gasteiger partial charge on any atom is -0.310 e. The zero-order chi connectivity index (χ0) is 13.0. The summed E-state index contributed by atoms with van der Waals surface area (Å²) in [6.45, 7) is 0.788. The van der Waals surface area contributed by atoms with Crippen LogP contribution in [0.2, 0.25) is 0 Å². The predicted molar refractivity (Wildman–Crippen MR) is 70.3 cm³/mol. The molecular formula is C13H16N2O2S. The lowest BCUT2D eigenvalue weighted by Crippen LogP contribution is -2.24. The molecule has 0 aliphatic heterocycles.